The van der Waals surface area contributed by atoms with Crippen LogP contribution in [0.2, 0.25) is 0 Å². The van der Waals surface area contributed by atoms with E-state index in [0.29, 0.717) is 23.0 Å². The van der Waals surface area contributed by atoms with Crippen molar-refractivity contribution in [2.45, 2.75) is 0 Å². The largest absolute Gasteiger partial charge is 0.493 e. The number of carbonyl (C=O) groups is 2. The Kier molecular flexibility index (Phi) is 6.26. The van der Waals surface area contributed by atoms with Gasteiger partial charge in [0.1, 0.15) is 0 Å². The van der Waals surface area contributed by atoms with Gasteiger partial charge in [0, 0.05) is 5.56 Å². The third kappa shape index (κ3) is 4.15. The van der Waals surface area contributed by atoms with E-state index >= 15 is 0 Å². The van der Waals surface area contributed by atoms with Crippen LogP contribution in [0.1, 0.15) is 20.7 Å². The van der Waals surface area contributed by atoms with Gasteiger partial charge in [-0.15, -0.1) is 0 Å². The number of ether oxygens (including phenoxy) is 4. The van der Waals surface area contributed by atoms with Crippen LogP contribution in [0.25, 0.3) is 0 Å². The van der Waals surface area contributed by atoms with Crippen LogP contribution < -0.4 is 24.4 Å². The lowest BCUT2D eigenvalue weighted by molar-refractivity contribution is 0.0230. The maximum Gasteiger partial charge on any atom is 0.363 e. The molecule has 0 unspecified atom stereocenters. The van der Waals surface area contributed by atoms with Crippen molar-refractivity contribution in [3.8, 4) is 23.0 Å². The monoisotopic (exact) mass is 361 g/mol. The van der Waals surface area contributed by atoms with Gasteiger partial charge in [-0.1, -0.05) is 0 Å². The van der Waals surface area contributed by atoms with Gasteiger partial charge in [-0.3, -0.25) is 4.79 Å². The second kappa shape index (κ2) is 8.61. The Morgan fingerprint density at radius 3 is 1.65 bits per heavy atom. The van der Waals surface area contributed by atoms with Crippen LogP contribution >= 0.6 is 0 Å². The third-order valence-corrected chi connectivity index (χ3v) is 3.50. The van der Waals surface area contributed by atoms with Gasteiger partial charge in [0.25, 0.3) is 5.91 Å². The highest BCUT2D eigenvalue weighted by Gasteiger charge is 2.15. The van der Waals surface area contributed by atoms with E-state index in [-0.39, 0.29) is 11.1 Å². The summed E-state index contributed by atoms with van der Waals surface area (Å²) in [6, 6.07) is 9.06. The van der Waals surface area contributed by atoms with Crippen molar-refractivity contribution in [3.63, 3.8) is 0 Å². The van der Waals surface area contributed by atoms with Gasteiger partial charge < -0.3 is 23.8 Å². The quantitative estimate of drug-likeness (QED) is 0.789. The molecule has 26 heavy (non-hydrogen) atoms. The van der Waals surface area contributed by atoms with E-state index in [1.807, 2.05) is 0 Å². The first-order valence-electron chi connectivity index (χ1n) is 7.49. The Labute approximate surface area is 150 Å². The Morgan fingerprint density at radius 1 is 0.692 bits per heavy atom. The summed E-state index contributed by atoms with van der Waals surface area (Å²) in [4.78, 5) is 29.1. The van der Waals surface area contributed by atoms with E-state index in [4.69, 9.17) is 23.8 Å². The Bertz CT molecular complexity index is 737. The van der Waals surface area contributed by atoms with Gasteiger partial charge in [0.05, 0.1) is 34.0 Å². The van der Waals surface area contributed by atoms with Gasteiger partial charge in [-0.2, -0.15) is 5.48 Å². The molecule has 2 aromatic carbocycles. The molecule has 0 aliphatic heterocycles. The molecular formula is C18H19NO7. The zero-order valence-electron chi connectivity index (χ0n) is 14.8. The summed E-state index contributed by atoms with van der Waals surface area (Å²) in [6.07, 6.45) is 0. The molecule has 0 heterocycles. The molecular weight excluding hydrogens is 342 g/mol. The van der Waals surface area contributed by atoms with Gasteiger partial charge >= 0.3 is 5.97 Å². The molecule has 1 amide bonds. The number of methoxy groups -OCH3 is 4. The van der Waals surface area contributed by atoms with Crippen LogP contribution in [-0.4, -0.2) is 40.3 Å². The number of amides is 1. The van der Waals surface area contributed by atoms with Crippen molar-refractivity contribution in [1.82, 2.24) is 5.48 Å². The predicted molar refractivity (Wildman–Crippen MR) is 92.0 cm³/mol. The first-order chi connectivity index (χ1) is 12.5. The molecule has 0 atom stereocenters. The normalized spacial score (nSPS) is 9.85. The van der Waals surface area contributed by atoms with Gasteiger partial charge in [-0.05, 0) is 36.4 Å². The second-order valence-electron chi connectivity index (χ2n) is 4.96. The minimum atomic E-state index is -0.750. The standard InChI is InChI=1S/C18H19NO7/c1-22-13-7-5-11(9-15(13)24-3)17(20)19-26-18(21)12-6-8-14(23-2)16(10-12)25-4/h5-10H,1-4H3,(H,19,20). The maximum atomic E-state index is 12.1. The third-order valence-electron chi connectivity index (χ3n) is 3.50. The summed E-state index contributed by atoms with van der Waals surface area (Å²) in [5.41, 5.74) is 2.52. The van der Waals surface area contributed by atoms with Crippen LogP contribution in [0.3, 0.4) is 0 Å². The van der Waals surface area contributed by atoms with Crippen molar-refractivity contribution < 1.29 is 33.4 Å². The van der Waals surface area contributed by atoms with Crippen molar-refractivity contribution in [2.24, 2.45) is 0 Å². The Morgan fingerprint density at radius 2 is 1.15 bits per heavy atom. The Hall–Kier alpha value is -3.42. The van der Waals surface area contributed by atoms with E-state index < -0.39 is 11.9 Å². The van der Waals surface area contributed by atoms with Gasteiger partial charge in [0.2, 0.25) is 0 Å². The highest BCUT2D eigenvalue weighted by atomic mass is 16.7. The molecule has 2 rings (SSSR count). The van der Waals surface area contributed by atoms with Gasteiger partial charge in [-0.25, -0.2) is 4.79 Å². The van der Waals surface area contributed by atoms with Crippen LogP contribution in [-0.2, 0) is 4.84 Å². The number of hydrogen-bond acceptors (Lipinski definition) is 7. The number of benzene rings is 2. The van der Waals surface area contributed by atoms with E-state index in [2.05, 4.69) is 5.48 Å². The fourth-order valence-electron chi connectivity index (χ4n) is 2.15. The number of hydrogen-bond donors (Lipinski definition) is 1. The SMILES string of the molecule is COc1ccc(C(=O)NOC(=O)c2ccc(OC)c(OC)c2)cc1OC. The highest BCUT2D eigenvalue weighted by Crippen LogP contribution is 2.28. The number of carbonyl (C=O) groups excluding carboxylic acids is 2. The van der Waals surface area contributed by atoms with Gasteiger partial charge in [0.15, 0.2) is 23.0 Å². The first kappa shape index (κ1) is 18.9. The molecule has 0 aliphatic carbocycles. The minimum Gasteiger partial charge on any atom is -0.493 e. The molecule has 0 fully saturated rings. The average molecular weight is 361 g/mol. The lowest BCUT2D eigenvalue weighted by Crippen LogP contribution is -2.27. The van der Waals surface area contributed by atoms with Crippen molar-refractivity contribution >= 4 is 11.9 Å². The fourth-order valence-corrected chi connectivity index (χ4v) is 2.15. The van der Waals surface area contributed by atoms with E-state index in [1.165, 1.54) is 52.7 Å². The average Bonchev–Trinajstić information content (AvgIpc) is 2.70. The summed E-state index contributed by atoms with van der Waals surface area (Å²) in [5.74, 6) is 0.337. The summed E-state index contributed by atoms with van der Waals surface area (Å²) in [7, 11) is 5.88. The molecule has 0 bridgehead atoms. The van der Waals surface area contributed by atoms with E-state index in [9.17, 15) is 9.59 Å². The summed E-state index contributed by atoms with van der Waals surface area (Å²) >= 11 is 0. The second-order valence-corrected chi connectivity index (χ2v) is 4.96. The molecule has 0 aromatic heterocycles. The molecule has 1 N–H and O–H groups in total. The molecule has 0 radical (unpaired) electrons. The van der Waals surface area contributed by atoms with Crippen molar-refractivity contribution in [2.75, 3.05) is 28.4 Å². The molecule has 0 spiro atoms. The summed E-state index contributed by atoms with van der Waals surface area (Å²) in [6.45, 7) is 0. The molecule has 138 valence electrons. The lowest BCUT2D eigenvalue weighted by Gasteiger charge is -2.11. The topological polar surface area (TPSA) is 92.3 Å². The zero-order valence-corrected chi connectivity index (χ0v) is 14.8. The fraction of sp³-hybridized carbons (Fsp3) is 0.222. The number of hydroxylamine groups is 1. The zero-order chi connectivity index (χ0) is 19.1. The number of nitrogens with one attached hydrogen (secondary N) is 1. The minimum absolute atomic E-state index is 0.190. The van der Waals surface area contributed by atoms with Crippen LogP contribution in [0, 0.1) is 0 Å². The maximum absolute atomic E-state index is 12.1. The van der Waals surface area contributed by atoms with E-state index in [0.717, 1.165) is 0 Å². The molecule has 0 saturated carbocycles. The van der Waals surface area contributed by atoms with Crippen LogP contribution in [0.5, 0.6) is 23.0 Å². The van der Waals surface area contributed by atoms with Crippen molar-refractivity contribution in [1.29, 1.82) is 0 Å². The Balaban J connectivity index is 2.06. The molecule has 2 aromatic rings. The smallest absolute Gasteiger partial charge is 0.363 e. The first-order valence-corrected chi connectivity index (χ1v) is 7.49. The van der Waals surface area contributed by atoms with Crippen LogP contribution in [0.15, 0.2) is 36.4 Å². The molecule has 8 nitrogen and oxygen atoms in total. The van der Waals surface area contributed by atoms with E-state index in [1.54, 1.807) is 12.1 Å². The summed E-state index contributed by atoms with van der Waals surface area (Å²) < 4.78 is 20.5. The molecule has 0 saturated heterocycles. The summed E-state index contributed by atoms with van der Waals surface area (Å²) in [5, 5.41) is 0. The predicted octanol–water partition coefficient (Wildman–Crippen LogP) is 2.22. The lowest BCUT2D eigenvalue weighted by atomic mass is 10.2. The molecule has 0 aliphatic rings. The molecule has 8 heteroatoms. The van der Waals surface area contributed by atoms with Crippen LogP contribution in [0.4, 0.5) is 0 Å². The number of rotatable bonds is 6. The van der Waals surface area contributed by atoms with Crippen molar-refractivity contribution in [3.05, 3.63) is 47.5 Å². The highest BCUT2D eigenvalue weighted by molar-refractivity contribution is 5.96.